The molecule has 2 aliphatic carbocycles. The number of amides is 3. The van der Waals surface area contributed by atoms with Crippen molar-refractivity contribution in [1.29, 1.82) is 0 Å². The van der Waals surface area contributed by atoms with E-state index in [0.717, 1.165) is 90.2 Å². The minimum Gasteiger partial charge on any atom is -0.478 e. The highest BCUT2D eigenvalue weighted by molar-refractivity contribution is 7.60. The molecule has 30 heteroatoms. The standard InChI is InChI=1S/C42H57FN2O10.C26H38FNO7.C16H21NO4.CH3BOP/c1-41(2,3)55-40(50)45(7)34(25-42(4,5)43)39(49)54-35(24-29-15-17-31(18-16-29)32-19-21-51-22-20-32)37(47)44(6)33(23-28-13-14-28)38(48)53-27-36(46)52-26-30-11-9-8-10-12-30;1-25(2,3)35-24(32)28(6)20(16-26(4,5)27)23(31)34-21(22(29)30)15-17-7-9-18(10-8-17)19-11-13-33-14-12-19;1-17-14(9-12-7-8-12)16(19)21-11-15(18)20-10-13-5-3-2-4-6-13;1-2-4-3/h8-12,15-18,28,32-35H,13-14,19-27H2,1-7H3;7-10,19-21H,11-16H2,1-6H3,(H,29,30);2-6,12,14,17H,7-11H2,1H3;1H3/t33-,34-,35+;20-,21+;14-;/m000./s1. The molecule has 4 aromatic rings. The van der Waals surface area contributed by atoms with Crippen molar-refractivity contribution in [3.05, 3.63) is 143 Å². The van der Waals surface area contributed by atoms with Gasteiger partial charge in [-0.05, 0) is 172 Å². The summed E-state index contributed by atoms with van der Waals surface area (Å²) in [6, 6.07) is 29.4. The molecule has 0 bridgehead atoms. The van der Waals surface area contributed by atoms with Crippen molar-refractivity contribution in [2.45, 2.75) is 250 Å². The van der Waals surface area contributed by atoms with Gasteiger partial charge in [-0.2, -0.15) is 0 Å². The zero-order valence-electron chi connectivity index (χ0n) is 69.4. The van der Waals surface area contributed by atoms with Crippen molar-refractivity contribution < 1.29 is 114 Å². The molecule has 0 aromatic heterocycles. The molecular weight excluding hydrogens is 1510 g/mol. The van der Waals surface area contributed by atoms with Crippen molar-refractivity contribution in [2.24, 2.45) is 11.8 Å². The van der Waals surface area contributed by atoms with Crippen LogP contribution < -0.4 is 5.32 Å². The third-order valence-electron chi connectivity index (χ3n) is 18.9. The van der Waals surface area contributed by atoms with E-state index in [0.29, 0.717) is 42.1 Å². The van der Waals surface area contributed by atoms with E-state index in [1.54, 1.807) is 74.5 Å². The maximum atomic E-state index is 15.2. The third kappa shape index (κ3) is 37.7. The number of carboxylic acid groups (broad SMARTS) is 1. The first kappa shape index (κ1) is 96.7. The molecule has 2 N–H and O–H groups in total. The van der Waals surface area contributed by atoms with Gasteiger partial charge < -0.3 is 62.7 Å². The molecule has 26 nitrogen and oxygen atoms in total. The van der Waals surface area contributed by atoms with Crippen LogP contribution in [0.3, 0.4) is 0 Å². The molecule has 2 aliphatic heterocycles. The molecule has 8 rings (SSSR count). The van der Waals surface area contributed by atoms with Gasteiger partial charge in [-0.15, -0.1) is 0 Å². The van der Waals surface area contributed by atoms with Crippen molar-refractivity contribution in [2.75, 3.05) is 67.8 Å². The Morgan fingerprint density at radius 2 is 0.861 bits per heavy atom. The molecule has 4 aromatic carbocycles. The summed E-state index contributed by atoms with van der Waals surface area (Å²) in [4.78, 5) is 131. The van der Waals surface area contributed by atoms with Crippen LogP contribution in [0.25, 0.3) is 0 Å². The van der Waals surface area contributed by atoms with Gasteiger partial charge in [0.25, 0.3) is 5.91 Å². The summed E-state index contributed by atoms with van der Waals surface area (Å²) in [6.45, 7) is 20.4. The van der Waals surface area contributed by atoms with Crippen molar-refractivity contribution in [3.63, 3.8) is 0 Å². The van der Waals surface area contributed by atoms with Crippen LogP contribution in [0.5, 0.6) is 0 Å². The van der Waals surface area contributed by atoms with Crippen LogP contribution in [-0.4, -0.2) is 213 Å². The van der Waals surface area contributed by atoms with Gasteiger partial charge in [0.1, 0.15) is 59.9 Å². The van der Waals surface area contributed by atoms with Crippen molar-refractivity contribution in [1.82, 2.24) is 20.0 Å². The van der Waals surface area contributed by atoms with Crippen LogP contribution in [0.2, 0.25) is 6.82 Å². The van der Waals surface area contributed by atoms with Gasteiger partial charge in [0.2, 0.25) is 13.1 Å². The number of nitrogens with one attached hydrogen (secondary N) is 1. The maximum Gasteiger partial charge on any atom is 0.410 e. The number of hydrogen-bond donors (Lipinski definition) is 2. The van der Waals surface area contributed by atoms with Crippen molar-refractivity contribution in [3.8, 4) is 0 Å². The maximum absolute atomic E-state index is 15.2. The van der Waals surface area contributed by atoms with Crippen LogP contribution in [0, 0.1) is 11.8 Å². The normalized spacial score (nSPS) is 16.1. The second kappa shape index (κ2) is 47.3. The SMILES string of the molecule is CN(C(=O)OC(C)(C)C)[C@@H](CC(C)(C)F)C(=O)O[C@H](Cc1ccc(C2CCOCC2)cc1)C(=O)N(C)[C@@H](CC1CC1)C(=O)OCC(=O)OCc1ccccc1.CN(C(=O)OC(C)(C)C)[C@@H](CC(C)(C)F)C(=O)O[C@H](Cc1ccc(C2CCOCC2)cc1)C(=O)O.CN[C@@H](CC1CC1)C(=O)OCC(=O)OCc1ccccc1.C[B]P=O. The number of alkyl halides is 2. The first-order valence-electron chi connectivity index (χ1n) is 39.2. The molecular formula is C85H119BF2N4O22P. The summed E-state index contributed by atoms with van der Waals surface area (Å²) in [5.74, 6) is -5.00. The van der Waals surface area contributed by atoms with Gasteiger partial charge in [0, 0.05) is 73.3 Å². The van der Waals surface area contributed by atoms with Crippen LogP contribution in [0.15, 0.2) is 109 Å². The molecule has 0 spiro atoms. The molecule has 115 heavy (non-hydrogen) atoms. The second-order valence-electron chi connectivity index (χ2n) is 32.4. The van der Waals surface area contributed by atoms with Crippen LogP contribution in [-0.2, 0) is 116 Å². The predicted molar refractivity (Wildman–Crippen MR) is 426 cm³/mol. The number of aliphatic carboxylic acids is 1. The summed E-state index contributed by atoms with van der Waals surface area (Å²) in [5, 5.41) is 12.6. The molecule has 2 heterocycles. The third-order valence-corrected chi connectivity index (χ3v) is 19.2. The molecule has 0 unspecified atom stereocenters. The number of carboxylic acids is 1. The summed E-state index contributed by atoms with van der Waals surface area (Å²) in [5.41, 5.74) is -0.127. The van der Waals surface area contributed by atoms with Crippen LogP contribution in [0.1, 0.15) is 192 Å². The van der Waals surface area contributed by atoms with E-state index in [2.05, 4.69) is 5.32 Å². The Balaban J connectivity index is 0.000000333. The number of nitrogens with zero attached hydrogens (tertiary/aromatic N) is 3. The smallest absolute Gasteiger partial charge is 0.410 e. The van der Waals surface area contributed by atoms with Gasteiger partial charge >= 0.3 is 54.0 Å². The molecule has 2 saturated heterocycles. The number of ether oxygens (including phenoxy) is 10. The lowest BCUT2D eigenvalue weighted by molar-refractivity contribution is -0.170. The molecule has 4 fully saturated rings. The monoisotopic (exact) mass is 1630 g/mol. The minimum atomic E-state index is -1.91. The highest BCUT2D eigenvalue weighted by Crippen LogP contribution is 2.37. The molecule has 3 amide bonds. The van der Waals surface area contributed by atoms with Crippen LogP contribution in [0.4, 0.5) is 18.4 Å². The molecule has 2 saturated carbocycles. The highest BCUT2D eigenvalue weighted by Gasteiger charge is 2.43. The van der Waals surface area contributed by atoms with E-state index in [1.807, 2.05) is 97.1 Å². The minimum absolute atomic E-state index is 0.00785. The Morgan fingerprint density at radius 3 is 1.21 bits per heavy atom. The lowest BCUT2D eigenvalue weighted by Gasteiger charge is -2.34. The first-order chi connectivity index (χ1) is 54.2. The summed E-state index contributed by atoms with van der Waals surface area (Å²) in [7, 11) is 5.89. The van der Waals surface area contributed by atoms with E-state index in [-0.39, 0.29) is 71.8 Å². The zero-order valence-corrected chi connectivity index (χ0v) is 70.3. The Kier molecular flexibility index (Phi) is 39.8. The average Bonchev–Trinajstić information content (AvgIpc) is 1.56. The molecule has 4 aliphatic rings. The molecule has 6 atom stereocenters. The fraction of sp³-hybridized carbons (Fsp3) is 0.600. The number of hydrogen-bond acceptors (Lipinski definition) is 22. The van der Waals surface area contributed by atoms with Crippen molar-refractivity contribution >= 4 is 75.2 Å². The lowest BCUT2D eigenvalue weighted by Crippen LogP contribution is -2.52. The number of halogens is 2. The Hall–Kier alpha value is -8.92. The van der Waals surface area contributed by atoms with Gasteiger partial charge in [-0.25, -0.2) is 47.1 Å². The van der Waals surface area contributed by atoms with Gasteiger partial charge in [-0.3, -0.25) is 24.0 Å². The number of likely N-dealkylation sites (N-methyl/N-ethyl adjacent to an activating group) is 4. The van der Waals surface area contributed by atoms with Gasteiger partial charge in [0.15, 0.2) is 19.3 Å². The fourth-order valence-electron chi connectivity index (χ4n) is 12.2. The van der Waals surface area contributed by atoms with E-state index >= 15 is 4.39 Å². The molecule has 633 valence electrons. The quantitative estimate of drug-likeness (QED) is 0.0187. The zero-order chi connectivity index (χ0) is 85.2. The summed E-state index contributed by atoms with van der Waals surface area (Å²) in [6.07, 6.45) is 3.18. The Bertz CT molecular complexity index is 3720. The number of carbonyl (C=O) groups excluding carboxylic acids is 9. The predicted octanol–water partition coefficient (Wildman–Crippen LogP) is 13.4. The fourth-order valence-corrected chi connectivity index (χ4v) is 12.2. The number of benzene rings is 4. The van der Waals surface area contributed by atoms with E-state index in [4.69, 9.17) is 47.4 Å². The number of rotatable bonds is 35. The van der Waals surface area contributed by atoms with Crippen LogP contribution >= 0.6 is 8.34 Å². The van der Waals surface area contributed by atoms with E-state index in [1.165, 1.54) is 66.6 Å². The number of carbonyl (C=O) groups is 10. The first-order valence-corrected chi connectivity index (χ1v) is 40.1. The summed E-state index contributed by atoms with van der Waals surface area (Å²) >= 11 is 0. The van der Waals surface area contributed by atoms with E-state index < -0.39 is 120 Å². The largest absolute Gasteiger partial charge is 0.478 e. The lowest BCUT2D eigenvalue weighted by atomic mass is 9.90. The van der Waals surface area contributed by atoms with Gasteiger partial charge in [0.05, 0.1) is 8.34 Å². The Morgan fingerprint density at radius 1 is 0.496 bits per heavy atom. The highest BCUT2D eigenvalue weighted by atomic mass is 31.1. The summed E-state index contributed by atoms with van der Waals surface area (Å²) < 4.78 is 92.4. The number of esters is 6. The van der Waals surface area contributed by atoms with E-state index in [9.17, 15) is 62.0 Å². The topological polar surface area (TPSA) is 322 Å². The second-order valence-corrected chi connectivity index (χ2v) is 33.2. The van der Waals surface area contributed by atoms with Gasteiger partial charge in [-0.1, -0.05) is 142 Å². The average molecular weight is 1630 g/mol. The molecule has 1 radical (unpaired) electrons. The Labute approximate surface area is 678 Å².